The lowest BCUT2D eigenvalue weighted by Gasteiger charge is -2.19. The van der Waals surface area contributed by atoms with Gasteiger partial charge in [-0.15, -0.1) is 0 Å². The molecular weight excluding hydrogens is 410 g/mol. The molecule has 0 aliphatic heterocycles. The summed E-state index contributed by atoms with van der Waals surface area (Å²) in [5, 5.41) is 3.75. The third kappa shape index (κ3) is 4.12. The maximum absolute atomic E-state index is 12.9. The second kappa shape index (κ2) is 8.49. The Bertz CT molecular complexity index is 1180. The normalized spacial score (nSPS) is 11.8. The minimum absolute atomic E-state index is 0.0778. The highest BCUT2D eigenvalue weighted by Gasteiger charge is 2.25. The van der Waals surface area contributed by atoms with Gasteiger partial charge >= 0.3 is 0 Å². The number of pyridine rings is 1. The Morgan fingerprint density at radius 3 is 2.55 bits per heavy atom. The van der Waals surface area contributed by atoms with Crippen molar-refractivity contribution in [1.82, 2.24) is 9.29 Å². The summed E-state index contributed by atoms with van der Waals surface area (Å²) in [6.45, 7) is 6.08. The molecule has 0 saturated heterocycles. The van der Waals surface area contributed by atoms with Crippen LogP contribution in [0.25, 0.3) is 10.9 Å². The highest BCUT2D eigenvalue weighted by molar-refractivity contribution is 7.89. The summed E-state index contributed by atoms with van der Waals surface area (Å²) in [4.78, 5) is 17.1. The maximum atomic E-state index is 12.9. The second-order valence-corrected chi connectivity index (χ2v) is 8.83. The van der Waals surface area contributed by atoms with Gasteiger partial charge in [0.05, 0.1) is 16.2 Å². The monoisotopic (exact) mass is 431 g/mol. The first-order chi connectivity index (χ1) is 13.8. The van der Waals surface area contributed by atoms with Crippen molar-refractivity contribution in [2.75, 3.05) is 18.4 Å². The van der Waals surface area contributed by atoms with Gasteiger partial charge in [0.2, 0.25) is 10.0 Å². The number of rotatable bonds is 6. The molecule has 0 saturated carbocycles. The first kappa shape index (κ1) is 21.2. The third-order valence-corrected chi connectivity index (χ3v) is 7.27. The van der Waals surface area contributed by atoms with Gasteiger partial charge in [-0.2, -0.15) is 4.31 Å². The van der Waals surface area contributed by atoms with E-state index in [0.717, 1.165) is 16.5 Å². The molecule has 29 heavy (non-hydrogen) atoms. The Hall–Kier alpha value is -2.48. The zero-order valence-corrected chi connectivity index (χ0v) is 18.0. The number of nitrogens with one attached hydrogen (secondary N) is 1. The van der Waals surface area contributed by atoms with Crippen LogP contribution in [0, 0.1) is 6.92 Å². The Morgan fingerprint density at radius 2 is 1.86 bits per heavy atom. The van der Waals surface area contributed by atoms with Crippen LogP contribution in [0.3, 0.4) is 0 Å². The maximum Gasteiger partial charge on any atom is 0.255 e. The number of hydrogen-bond acceptors (Lipinski definition) is 4. The standard InChI is InChI=1S/C21H22ClN3O3S/c1-4-25(5-2)29(27,28)19-13-15(9-10-17(19)22)21(26)24-18-11-8-14(3)20-16(18)7-6-12-23-20/h6-13H,4-5H2,1-3H3,(H,24,26). The van der Waals surface area contributed by atoms with Gasteiger partial charge in [0.1, 0.15) is 4.90 Å². The van der Waals surface area contributed by atoms with Crippen LogP contribution in [0.1, 0.15) is 29.8 Å². The number of aryl methyl sites for hydroxylation is 1. The van der Waals surface area contributed by atoms with Gasteiger partial charge in [0.15, 0.2) is 0 Å². The van der Waals surface area contributed by atoms with Crippen LogP contribution in [0.15, 0.2) is 53.6 Å². The molecule has 1 amide bonds. The van der Waals surface area contributed by atoms with E-state index < -0.39 is 15.9 Å². The van der Waals surface area contributed by atoms with Crippen molar-refractivity contribution >= 4 is 44.1 Å². The summed E-state index contributed by atoms with van der Waals surface area (Å²) < 4.78 is 27.0. The molecule has 8 heteroatoms. The van der Waals surface area contributed by atoms with Crippen molar-refractivity contribution in [1.29, 1.82) is 0 Å². The number of carbonyl (C=O) groups excluding carboxylic acids is 1. The number of nitrogens with zero attached hydrogens (tertiary/aromatic N) is 2. The Kier molecular flexibility index (Phi) is 6.21. The van der Waals surface area contributed by atoms with Crippen molar-refractivity contribution < 1.29 is 13.2 Å². The molecule has 0 fully saturated rings. The first-order valence-electron chi connectivity index (χ1n) is 9.25. The Morgan fingerprint density at radius 1 is 1.14 bits per heavy atom. The summed E-state index contributed by atoms with van der Waals surface area (Å²) in [7, 11) is -3.79. The number of sulfonamides is 1. The Labute approximate surface area is 175 Å². The highest BCUT2D eigenvalue weighted by Crippen LogP contribution is 2.28. The molecule has 3 aromatic rings. The molecular formula is C21H22ClN3O3S. The topological polar surface area (TPSA) is 79.4 Å². The van der Waals surface area contributed by atoms with E-state index in [-0.39, 0.29) is 15.5 Å². The lowest BCUT2D eigenvalue weighted by Crippen LogP contribution is -2.31. The molecule has 1 aromatic heterocycles. The molecule has 152 valence electrons. The molecule has 6 nitrogen and oxygen atoms in total. The van der Waals surface area contributed by atoms with Gasteiger partial charge in [-0.05, 0) is 48.9 Å². The van der Waals surface area contributed by atoms with Crippen LogP contribution < -0.4 is 5.32 Å². The average molecular weight is 432 g/mol. The van der Waals surface area contributed by atoms with Crippen LogP contribution in [0.5, 0.6) is 0 Å². The van der Waals surface area contributed by atoms with E-state index in [1.54, 1.807) is 32.2 Å². The molecule has 1 N–H and O–H groups in total. The third-order valence-electron chi connectivity index (χ3n) is 4.74. The largest absolute Gasteiger partial charge is 0.321 e. The lowest BCUT2D eigenvalue weighted by molar-refractivity contribution is 0.102. The molecule has 0 bridgehead atoms. The van der Waals surface area contributed by atoms with Crippen LogP contribution in [0.4, 0.5) is 5.69 Å². The SMILES string of the molecule is CCN(CC)S(=O)(=O)c1cc(C(=O)Nc2ccc(C)c3ncccc23)ccc1Cl. The van der Waals surface area contributed by atoms with Crippen molar-refractivity contribution in [3.05, 3.63) is 64.8 Å². The van der Waals surface area contributed by atoms with E-state index in [9.17, 15) is 13.2 Å². The van der Waals surface area contributed by atoms with Crippen LogP contribution in [-0.4, -0.2) is 36.7 Å². The van der Waals surface area contributed by atoms with Crippen molar-refractivity contribution in [3.8, 4) is 0 Å². The lowest BCUT2D eigenvalue weighted by atomic mass is 10.1. The predicted octanol–water partition coefficient (Wildman–Crippen LogP) is 4.48. The predicted molar refractivity (Wildman–Crippen MR) is 116 cm³/mol. The van der Waals surface area contributed by atoms with Gasteiger partial charge in [0, 0.05) is 30.2 Å². The molecule has 1 heterocycles. The number of benzene rings is 2. The van der Waals surface area contributed by atoms with Gasteiger partial charge in [-0.1, -0.05) is 31.5 Å². The van der Waals surface area contributed by atoms with E-state index >= 15 is 0 Å². The molecule has 0 aliphatic rings. The fraction of sp³-hybridized carbons (Fsp3) is 0.238. The number of hydrogen-bond donors (Lipinski definition) is 1. The van der Waals surface area contributed by atoms with Crippen molar-refractivity contribution in [2.45, 2.75) is 25.7 Å². The summed E-state index contributed by atoms with van der Waals surface area (Å²) in [6, 6.07) is 11.6. The average Bonchev–Trinajstić information content (AvgIpc) is 2.71. The smallest absolute Gasteiger partial charge is 0.255 e. The minimum atomic E-state index is -3.79. The molecule has 0 spiro atoms. The molecule has 3 rings (SSSR count). The summed E-state index contributed by atoms with van der Waals surface area (Å²) in [5.41, 5.74) is 2.61. The van der Waals surface area contributed by atoms with Gasteiger partial charge in [-0.3, -0.25) is 9.78 Å². The molecule has 0 atom stereocenters. The van der Waals surface area contributed by atoms with E-state index in [1.807, 2.05) is 19.1 Å². The van der Waals surface area contributed by atoms with Crippen molar-refractivity contribution in [2.24, 2.45) is 0 Å². The van der Waals surface area contributed by atoms with Gasteiger partial charge in [0.25, 0.3) is 5.91 Å². The summed E-state index contributed by atoms with van der Waals surface area (Å²) in [6.07, 6.45) is 1.70. The van der Waals surface area contributed by atoms with Gasteiger partial charge in [-0.25, -0.2) is 8.42 Å². The summed E-state index contributed by atoms with van der Waals surface area (Å²) >= 11 is 6.15. The van der Waals surface area contributed by atoms with Crippen molar-refractivity contribution in [3.63, 3.8) is 0 Å². The molecule has 2 aromatic carbocycles. The number of carbonyl (C=O) groups is 1. The van der Waals surface area contributed by atoms with Crippen LogP contribution in [-0.2, 0) is 10.0 Å². The van der Waals surface area contributed by atoms with E-state index in [4.69, 9.17) is 11.6 Å². The number of fused-ring (bicyclic) bond motifs is 1. The second-order valence-electron chi connectivity index (χ2n) is 6.52. The minimum Gasteiger partial charge on any atom is -0.321 e. The fourth-order valence-electron chi connectivity index (χ4n) is 3.16. The zero-order valence-electron chi connectivity index (χ0n) is 16.4. The Balaban J connectivity index is 1.99. The number of halogens is 1. The quantitative estimate of drug-likeness (QED) is 0.624. The molecule has 0 aliphatic carbocycles. The number of aromatic nitrogens is 1. The van der Waals surface area contributed by atoms with E-state index in [0.29, 0.717) is 18.8 Å². The number of anilines is 1. The highest BCUT2D eigenvalue weighted by atomic mass is 35.5. The number of amides is 1. The molecule has 0 unspecified atom stereocenters. The van der Waals surface area contributed by atoms with Gasteiger partial charge < -0.3 is 5.32 Å². The summed E-state index contributed by atoms with van der Waals surface area (Å²) in [5.74, 6) is -0.424. The van der Waals surface area contributed by atoms with Crippen LogP contribution >= 0.6 is 11.6 Å². The van der Waals surface area contributed by atoms with Crippen LogP contribution in [0.2, 0.25) is 5.02 Å². The first-order valence-corrected chi connectivity index (χ1v) is 11.1. The zero-order chi connectivity index (χ0) is 21.2. The fourth-order valence-corrected chi connectivity index (χ4v) is 5.12. The van der Waals surface area contributed by atoms with E-state index in [1.165, 1.54) is 22.5 Å². The van der Waals surface area contributed by atoms with E-state index in [2.05, 4.69) is 10.3 Å². The molecule has 0 radical (unpaired) electrons.